The van der Waals surface area contributed by atoms with E-state index in [1.807, 2.05) is 0 Å². The van der Waals surface area contributed by atoms with Crippen LogP contribution < -0.4 is 5.32 Å². The summed E-state index contributed by atoms with van der Waals surface area (Å²) < 4.78 is 0. The van der Waals surface area contributed by atoms with Crippen LogP contribution in [0.25, 0.3) is 0 Å². The van der Waals surface area contributed by atoms with Crippen molar-refractivity contribution >= 4 is 5.91 Å². The largest absolute Gasteiger partial charge is 0.356 e. The molecular weight excluding hydrogens is 462 g/mol. The maximum atomic E-state index is 12.8. The molecular formula is C36H73NO. The molecule has 0 aliphatic carbocycles. The fraction of sp³-hybridized carbons (Fsp3) is 0.972. The molecule has 0 radical (unpaired) electrons. The van der Waals surface area contributed by atoms with Gasteiger partial charge in [-0.15, -0.1) is 0 Å². The summed E-state index contributed by atoms with van der Waals surface area (Å²) >= 11 is 0. The monoisotopic (exact) mass is 536 g/mol. The van der Waals surface area contributed by atoms with Crippen molar-refractivity contribution in [3.63, 3.8) is 0 Å². The van der Waals surface area contributed by atoms with Crippen LogP contribution in [0.4, 0.5) is 0 Å². The van der Waals surface area contributed by atoms with Gasteiger partial charge < -0.3 is 5.32 Å². The van der Waals surface area contributed by atoms with Crippen LogP contribution in [-0.4, -0.2) is 12.5 Å². The van der Waals surface area contributed by atoms with Crippen LogP contribution in [0.2, 0.25) is 0 Å². The van der Waals surface area contributed by atoms with Gasteiger partial charge in [-0.2, -0.15) is 0 Å². The Morgan fingerprint density at radius 3 is 0.974 bits per heavy atom. The van der Waals surface area contributed by atoms with E-state index in [1.54, 1.807) is 0 Å². The molecule has 0 saturated heterocycles. The molecule has 228 valence electrons. The average molecular weight is 536 g/mol. The summed E-state index contributed by atoms with van der Waals surface area (Å²) in [5.41, 5.74) is 0. The average Bonchev–Trinajstić information content (AvgIpc) is 2.91. The summed E-state index contributed by atoms with van der Waals surface area (Å²) in [4.78, 5) is 12.8. The molecule has 0 aromatic carbocycles. The first-order chi connectivity index (χ1) is 18.6. The van der Waals surface area contributed by atoms with Gasteiger partial charge in [0.1, 0.15) is 0 Å². The molecule has 1 atom stereocenters. The molecule has 2 heteroatoms. The van der Waals surface area contributed by atoms with Crippen molar-refractivity contribution in [1.82, 2.24) is 5.32 Å². The molecule has 1 amide bonds. The Morgan fingerprint density at radius 1 is 0.447 bits per heavy atom. The van der Waals surface area contributed by atoms with Gasteiger partial charge in [0.2, 0.25) is 5.91 Å². The van der Waals surface area contributed by atoms with E-state index in [0.717, 1.165) is 19.4 Å². The third kappa shape index (κ3) is 28.5. The van der Waals surface area contributed by atoms with Crippen LogP contribution in [0.3, 0.4) is 0 Å². The minimum Gasteiger partial charge on any atom is -0.356 e. The zero-order valence-corrected chi connectivity index (χ0v) is 27.1. The van der Waals surface area contributed by atoms with Gasteiger partial charge in [0.15, 0.2) is 0 Å². The second-order valence-corrected chi connectivity index (χ2v) is 12.9. The van der Waals surface area contributed by atoms with E-state index in [-0.39, 0.29) is 5.92 Å². The number of hydrogen-bond donors (Lipinski definition) is 1. The highest BCUT2D eigenvalue weighted by molar-refractivity contribution is 5.78. The molecule has 0 saturated carbocycles. The standard InChI is InChI=1S/C36H73NO/c1-5-7-9-11-13-15-17-19-20-22-24-26-28-30-32-35(36(38)37-33-34(3)4)31-29-27-25-23-21-18-16-14-12-10-8-6-2/h34-35H,5-33H2,1-4H3,(H,37,38). The highest BCUT2D eigenvalue weighted by atomic mass is 16.1. The van der Waals surface area contributed by atoms with E-state index < -0.39 is 0 Å². The molecule has 0 aromatic heterocycles. The Labute approximate surface area is 241 Å². The highest BCUT2D eigenvalue weighted by Crippen LogP contribution is 2.21. The van der Waals surface area contributed by atoms with Gasteiger partial charge in [-0.05, 0) is 18.8 Å². The smallest absolute Gasteiger partial charge is 0.223 e. The van der Waals surface area contributed by atoms with E-state index in [0.29, 0.717) is 11.8 Å². The molecule has 0 aromatic rings. The molecule has 1 unspecified atom stereocenters. The lowest BCUT2D eigenvalue weighted by molar-refractivity contribution is -0.125. The Kier molecular flexibility index (Phi) is 30.6. The van der Waals surface area contributed by atoms with E-state index in [1.165, 1.54) is 167 Å². The molecule has 0 spiro atoms. The van der Waals surface area contributed by atoms with Gasteiger partial charge in [-0.1, -0.05) is 195 Å². The third-order valence-corrected chi connectivity index (χ3v) is 8.37. The first-order valence-corrected chi connectivity index (χ1v) is 17.9. The third-order valence-electron chi connectivity index (χ3n) is 8.37. The Morgan fingerprint density at radius 2 is 0.711 bits per heavy atom. The topological polar surface area (TPSA) is 29.1 Å². The van der Waals surface area contributed by atoms with Crippen molar-refractivity contribution in [3.05, 3.63) is 0 Å². The maximum Gasteiger partial charge on any atom is 0.223 e. The lowest BCUT2D eigenvalue weighted by Crippen LogP contribution is -2.33. The molecule has 38 heavy (non-hydrogen) atoms. The van der Waals surface area contributed by atoms with Crippen molar-refractivity contribution in [2.45, 2.75) is 207 Å². The zero-order chi connectivity index (χ0) is 27.9. The summed E-state index contributed by atoms with van der Waals surface area (Å²) in [6, 6.07) is 0. The lowest BCUT2D eigenvalue weighted by atomic mass is 9.93. The van der Waals surface area contributed by atoms with Gasteiger partial charge in [0.25, 0.3) is 0 Å². The molecule has 0 heterocycles. The fourth-order valence-electron chi connectivity index (χ4n) is 5.67. The van der Waals surface area contributed by atoms with Gasteiger partial charge >= 0.3 is 0 Å². The van der Waals surface area contributed by atoms with Crippen LogP contribution in [0.15, 0.2) is 0 Å². The predicted molar refractivity (Wildman–Crippen MR) is 172 cm³/mol. The number of nitrogens with one attached hydrogen (secondary N) is 1. The Bertz CT molecular complexity index is 460. The van der Waals surface area contributed by atoms with Crippen LogP contribution in [0.5, 0.6) is 0 Å². The minimum absolute atomic E-state index is 0.245. The van der Waals surface area contributed by atoms with Gasteiger partial charge in [0.05, 0.1) is 0 Å². The molecule has 0 aliphatic heterocycles. The number of carbonyl (C=O) groups is 1. The van der Waals surface area contributed by atoms with E-state index >= 15 is 0 Å². The number of hydrogen-bond acceptors (Lipinski definition) is 1. The van der Waals surface area contributed by atoms with E-state index in [9.17, 15) is 4.79 Å². The summed E-state index contributed by atoms with van der Waals surface area (Å²) in [5.74, 6) is 1.11. The highest BCUT2D eigenvalue weighted by Gasteiger charge is 2.17. The van der Waals surface area contributed by atoms with E-state index in [4.69, 9.17) is 0 Å². The summed E-state index contributed by atoms with van der Waals surface area (Å²) in [6.45, 7) is 9.79. The van der Waals surface area contributed by atoms with Crippen molar-refractivity contribution in [3.8, 4) is 0 Å². The van der Waals surface area contributed by atoms with Crippen LogP contribution in [0.1, 0.15) is 207 Å². The quantitative estimate of drug-likeness (QED) is 0.0878. The van der Waals surface area contributed by atoms with Gasteiger partial charge in [-0.3, -0.25) is 4.79 Å². The minimum atomic E-state index is 0.245. The zero-order valence-electron chi connectivity index (χ0n) is 27.1. The first-order valence-electron chi connectivity index (χ1n) is 17.9. The molecule has 0 bridgehead atoms. The molecule has 2 nitrogen and oxygen atoms in total. The second kappa shape index (κ2) is 31.0. The number of unbranched alkanes of at least 4 members (excludes halogenated alkanes) is 24. The molecule has 1 N–H and O–H groups in total. The number of carbonyl (C=O) groups excluding carboxylic acids is 1. The maximum absolute atomic E-state index is 12.8. The van der Waals surface area contributed by atoms with Crippen molar-refractivity contribution in [2.24, 2.45) is 11.8 Å². The predicted octanol–water partition coefficient (Wildman–Crippen LogP) is 12.3. The van der Waals surface area contributed by atoms with Crippen LogP contribution >= 0.6 is 0 Å². The summed E-state index contributed by atoms with van der Waals surface area (Å²) in [6.07, 6.45) is 38.4. The lowest BCUT2D eigenvalue weighted by Gasteiger charge is -2.18. The van der Waals surface area contributed by atoms with Crippen LogP contribution in [0, 0.1) is 11.8 Å². The SMILES string of the molecule is CCCCCCCCCCCCCCCCC(CCCCCCCCCCCCCC)C(=O)NCC(C)C. The van der Waals surface area contributed by atoms with Gasteiger partial charge in [-0.25, -0.2) is 0 Å². The fourth-order valence-corrected chi connectivity index (χ4v) is 5.67. The molecule has 0 fully saturated rings. The second-order valence-electron chi connectivity index (χ2n) is 12.9. The molecule has 0 rings (SSSR count). The first kappa shape index (κ1) is 37.5. The summed E-state index contributed by atoms with van der Waals surface area (Å²) in [7, 11) is 0. The Balaban J connectivity index is 3.81. The van der Waals surface area contributed by atoms with Gasteiger partial charge in [0, 0.05) is 12.5 Å². The van der Waals surface area contributed by atoms with Crippen molar-refractivity contribution in [1.29, 1.82) is 0 Å². The number of rotatable bonds is 31. The summed E-state index contributed by atoms with van der Waals surface area (Å²) in [5, 5.41) is 3.24. The van der Waals surface area contributed by atoms with E-state index in [2.05, 4.69) is 33.0 Å². The molecule has 0 aliphatic rings. The van der Waals surface area contributed by atoms with Crippen molar-refractivity contribution in [2.75, 3.05) is 6.54 Å². The normalized spacial score (nSPS) is 12.3. The van der Waals surface area contributed by atoms with Crippen molar-refractivity contribution < 1.29 is 4.79 Å². The van der Waals surface area contributed by atoms with Crippen LogP contribution in [-0.2, 0) is 4.79 Å². The Hall–Kier alpha value is -0.530. The number of amides is 1.